The first-order valence-corrected chi connectivity index (χ1v) is 8.58. The normalized spacial score (nSPS) is 10.8. The van der Waals surface area contributed by atoms with Gasteiger partial charge in [0.25, 0.3) is 0 Å². The minimum absolute atomic E-state index is 0.590. The van der Waals surface area contributed by atoms with Crippen molar-refractivity contribution in [3.8, 4) is 5.75 Å². The number of benzene rings is 2. The van der Waals surface area contributed by atoms with E-state index in [0.29, 0.717) is 19.6 Å². The van der Waals surface area contributed by atoms with Gasteiger partial charge >= 0.3 is 0 Å². The molecule has 2 aromatic carbocycles. The highest BCUT2D eigenvalue weighted by Gasteiger charge is 2.09. The summed E-state index contributed by atoms with van der Waals surface area (Å²) < 4.78 is 8.04. The molecule has 0 spiro atoms. The largest absolute Gasteiger partial charge is 0.494 e. The van der Waals surface area contributed by atoms with Crippen LogP contribution in [0.15, 0.2) is 48.5 Å². The highest BCUT2D eigenvalue weighted by atomic mass is 16.5. The van der Waals surface area contributed by atoms with E-state index in [0.717, 1.165) is 42.0 Å². The van der Waals surface area contributed by atoms with E-state index in [9.17, 15) is 4.79 Å². The SMILES string of the molecule is Cc1ccc(OCCCn2c(CCNC=O)nc3ccccc32)cc1. The Morgan fingerprint density at radius 2 is 1.96 bits per heavy atom. The molecule has 0 saturated heterocycles. The van der Waals surface area contributed by atoms with Gasteiger partial charge in [0.15, 0.2) is 0 Å². The molecule has 1 N–H and O–H groups in total. The number of hydrogen-bond donors (Lipinski definition) is 1. The average Bonchev–Trinajstić information content (AvgIpc) is 2.98. The van der Waals surface area contributed by atoms with Gasteiger partial charge in [0.05, 0.1) is 17.6 Å². The molecule has 3 rings (SSSR count). The lowest BCUT2D eigenvalue weighted by Gasteiger charge is -2.10. The van der Waals surface area contributed by atoms with E-state index >= 15 is 0 Å². The van der Waals surface area contributed by atoms with Crippen LogP contribution in [0.3, 0.4) is 0 Å². The van der Waals surface area contributed by atoms with E-state index in [-0.39, 0.29) is 0 Å². The number of aryl methyl sites for hydroxylation is 2. The van der Waals surface area contributed by atoms with Crippen molar-refractivity contribution in [2.45, 2.75) is 26.3 Å². The predicted octanol–water partition coefficient (Wildman–Crippen LogP) is 3.10. The van der Waals surface area contributed by atoms with Crippen LogP contribution in [0.2, 0.25) is 0 Å². The molecule has 0 atom stereocenters. The minimum Gasteiger partial charge on any atom is -0.494 e. The first-order chi connectivity index (χ1) is 12.3. The monoisotopic (exact) mass is 337 g/mol. The molecule has 1 amide bonds. The van der Waals surface area contributed by atoms with Crippen LogP contribution in [0.5, 0.6) is 5.75 Å². The third kappa shape index (κ3) is 4.38. The van der Waals surface area contributed by atoms with Crippen molar-refractivity contribution in [2.24, 2.45) is 0 Å². The average molecular weight is 337 g/mol. The van der Waals surface area contributed by atoms with Crippen LogP contribution in [-0.4, -0.2) is 29.1 Å². The molecule has 0 saturated carbocycles. The van der Waals surface area contributed by atoms with E-state index in [2.05, 4.69) is 35.0 Å². The number of carbonyl (C=O) groups is 1. The molecule has 5 heteroatoms. The van der Waals surface area contributed by atoms with E-state index in [1.807, 2.05) is 30.3 Å². The summed E-state index contributed by atoms with van der Waals surface area (Å²) in [5, 5.41) is 2.70. The summed E-state index contributed by atoms with van der Waals surface area (Å²) in [4.78, 5) is 15.2. The summed E-state index contributed by atoms with van der Waals surface area (Å²) in [5.74, 6) is 1.89. The Kier molecular flexibility index (Phi) is 5.67. The van der Waals surface area contributed by atoms with Gasteiger partial charge < -0.3 is 14.6 Å². The standard InChI is InChI=1S/C20H23N3O2/c1-16-7-9-17(10-8-16)25-14-4-13-23-19-6-3-2-5-18(19)22-20(23)11-12-21-15-24/h2-3,5-10,15H,4,11-14H2,1H3,(H,21,24). The molecular weight excluding hydrogens is 314 g/mol. The number of para-hydroxylation sites is 2. The Morgan fingerprint density at radius 3 is 2.76 bits per heavy atom. The summed E-state index contributed by atoms with van der Waals surface area (Å²) in [6.07, 6.45) is 2.33. The third-order valence-corrected chi connectivity index (χ3v) is 4.13. The second-order valence-electron chi connectivity index (χ2n) is 6.01. The molecule has 3 aromatic rings. The van der Waals surface area contributed by atoms with Crippen molar-refractivity contribution >= 4 is 17.4 Å². The van der Waals surface area contributed by atoms with Crippen LogP contribution in [0.1, 0.15) is 17.8 Å². The zero-order valence-electron chi connectivity index (χ0n) is 14.4. The van der Waals surface area contributed by atoms with Crippen LogP contribution in [-0.2, 0) is 17.8 Å². The highest BCUT2D eigenvalue weighted by Crippen LogP contribution is 2.17. The van der Waals surface area contributed by atoms with Gasteiger partial charge in [-0.25, -0.2) is 4.98 Å². The lowest BCUT2D eigenvalue weighted by molar-refractivity contribution is -0.109. The Labute approximate surface area is 147 Å². The van der Waals surface area contributed by atoms with Gasteiger partial charge in [0, 0.05) is 19.5 Å². The van der Waals surface area contributed by atoms with Crippen LogP contribution < -0.4 is 10.1 Å². The second kappa shape index (κ2) is 8.33. The van der Waals surface area contributed by atoms with Crippen LogP contribution in [0, 0.1) is 6.92 Å². The van der Waals surface area contributed by atoms with Crippen molar-refractivity contribution in [3.05, 3.63) is 59.9 Å². The number of rotatable bonds is 9. The number of ether oxygens (including phenoxy) is 1. The molecule has 25 heavy (non-hydrogen) atoms. The van der Waals surface area contributed by atoms with Crippen molar-refractivity contribution < 1.29 is 9.53 Å². The molecule has 1 aromatic heterocycles. The molecule has 1 heterocycles. The summed E-state index contributed by atoms with van der Waals surface area (Å²) in [5.41, 5.74) is 3.34. The van der Waals surface area contributed by atoms with Crippen molar-refractivity contribution in [3.63, 3.8) is 0 Å². The van der Waals surface area contributed by atoms with Crippen LogP contribution in [0.25, 0.3) is 11.0 Å². The summed E-state index contributed by atoms with van der Waals surface area (Å²) in [6.45, 7) is 4.14. The summed E-state index contributed by atoms with van der Waals surface area (Å²) >= 11 is 0. The molecule has 130 valence electrons. The first-order valence-electron chi connectivity index (χ1n) is 8.58. The summed E-state index contributed by atoms with van der Waals surface area (Å²) in [7, 11) is 0. The maximum Gasteiger partial charge on any atom is 0.207 e. The fourth-order valence-corrected chi connectivity index (χ4v) is 2.86. The molecule has 5 nitrogen and oxygen atoms in total. The van der Waals surface area contributed by atoms with Crippen LogP contribution >= 0.6 is 0 Å². The smallest absolute Gasteiger partial charge is 0.207 e. The lowest BCUT2D eigenvalue weighted by Crippen LogP contribution is -2.17. The number of amides is 1. The number of fused-ring (bicyclic) bond motifs is 1. The fraction of sp³-hybridized carbons (Fsp3) is 0.300. The third-order valence-electron chi connectivity index (χ3n) is 4.13. The van der Waals surface area contributed by atoms with Gasteiger partial charge in [-0.05, 0) is 37.6 Å². The van der Waals surface area contributed by atoms with Crippen molar-refractivity contribution in [2.75, 3.05) is 13.2 Å². The molecular formula is C20H23N3O2. The zero-order valence-corrected chi connectivity index (χ0v) is 14.4. The van der Waals surface area contributed by atoms with E-state index < -0.39 is 0 Å². The molecule has 0 radical (unpaired) electrons. The molecule has 0 aliphatic heterocycles. The fourth-order valence-electron chi connectivity index (χ4n) is 2.86. The number of carbonyl (C=O) groups excluding carboxylic acids is 1. The van der Waals surface area contributed by atoms with Gasteiger partial charge in [-0.2, -0.15) is 0 Å². The van der Waals surface area contributed by atoms with Gasteiger partial charge in [0.1, 0.15) is 11.6 Å². The molecule has 0 unspecified atom stereocenters. The number of hydrogen-bond acceptors (Lipinski definition) is 3. The zero-order chi connectivity index (χ0) is 17.5. The van der Waals surface area contributed by atoms with Gasteiger partial charge in [-0.15, -0.1) is 0 Å². The molecule has 0 fully saturated rings. The van der Waals surface area contributed by atoms with E-state index in [1.165, 1.54) is 5.56 Å². The number of aromatic nitrogens is 2. The quantitative estimate of drug-likeness (QED) is 0.482. The molecule has 0 aliphatic carbocycles. The number of nitrogens with one attached hydrogen (secondary N) is 1. The van der Waals surface area contributed by atoms with E-state index in [4.69, 9.17) is 9.72 Å². The maximum absolute atomic E-state index is 10.5. The Bertz CT molecular complexity index is 825. The Morgan fingerprint density at radius 1 is 1.16 bits per heavy atom. The van der Waals surface area contributed by atoms with Gasteiger partial charge in [0.2, 0.25) is 6.41 Å². The molecule has 0 bridgehead atoms. The Balaban J connectivity index is 1.63. The number of imidazole rings is 1. The minimum atomic E-state index is 0.590. The molecule has 0 aliphatic rings. The van der Waals surface area contributed by atoms with E-state index in [1.54, 1.807) is 0 Å². The summed E-state index contributed by atoms with van der Waals surface area (Å²) in [6, 6.07) is 16.2. The predicted molar refractivity (Wildman–Crippen MR) is 98.8 cm³/mol. The van der Waals surface area contributed by atoms with Crippen molar-refractivity contribution in [1.29, 1.82) is 0 Å². The lowest BCUT2D eigenvalue weighted by atomic mass is 10.2. The van der Waals surface area contributed by atoms with Crippen molar-refractivity contribution in [1.82, 2.24) is 14.9 Å². The van der Waals surface area contributed by atoms with Gasteiger partial charge in [-0.1, -0.05) is 29.8 Å². The number of nitrogens with zero attached hydrogens (tertiary/aromatic N) is 2. The maximum atomic E-state index is 10.5. The Hall–Kier alpha value is -2.82. The second-order valence-corrected chi connectivity index (χ2v) is 6.01. The highest BCUT2D eigenvalue weighted by molar-refractivity contribution is 5.75. The first kappa shape index (κ1) is 17.0. The topological polar surface area (TPSA) is 56.1 Å². The van der Waals surface area contributed by atoms with Gasteiger partial charge in [-0.3, -0.25) is 4.79 Å². The van der Waals surface area contributed by atoms with Crippen LogP contribution in [0.4, 0.5) is 0 Å².